The van der Waals surface area contributed by atoms with Crippen LogP contribution in [-0.4, -0.2) is 52.4 Å². The van der Waals surface area contributed by atoms with Gasteiger partial charge in [-0.25, -0.2) is 4.79 Å². The number of carbonyl (C=O) groups excluding carboxylic acids is 2. The van der Waals surface area contributed by atoms with Gasteiger partial charge in [0.1, 0.15) is 11.4 Å². The fourth-order valence-electron chi connectivity index (χ4n) is 4.05. The van der Waals surface area contributed by atoms with Crippen LogP contribution in [0.25, 0.3) is 0 Å². The fraction of sp³-hybridized carbons (Fsp3) is 0.600. The van der Waals surface area contributed by atoms with Gasteiger partial charge >= 0.3 is 6.03 Å². The Morgan fingerprint density at radius 2 is 1.81 bits per heavy atom. The predicted molar refractivity (Wildman–Crippen MR) is 102 cm³/mol. The number of carbonyl (C=O) groups is 2. The molecule has 2 aliphatic heterocycles. The van der Waals surface area contributed by atoms with E-state index < -0.39 is 5.60 Å². The normalized spacial score (nSPS) is 18.9. The van der Waals surface area contributed by atoms with E-state index in [1.54, 1.807) is 18.2 Å². The van der Waals surface area contributed by atoms with E-state index in [0.717, 1.165) is 0 Å². The first-order valence-electron chi connectivity index (χ1n) is 9.31. The molecule has 5 nitrogen and oxygen atoms in total. The lowest BCUT2D eigenvalue weighted by Gasteiger charge is -2.45. The lowest BCUT2D eigenvalue weighted by Crippen LogP contribution is -2.56. The first-order valence-corrected chi connectivity index (χ1v) is 9.69. The molecular weight excluding hydrogens is 352 g/mol. The zero-order chi connectivity index (χ0) is 19.1. The summed E-state index contributed by atoms with van der Waals surface area (Å²) in [6, 6.07) is 5.57. The molecule has 0 aromatic heterocycles. The van der Waals surface area contributed by atoms with Gasteiger partial charge in [0, 0.05) is 43.0 Å². The molecule has 0 N–H and O–H groups in total. The molecule has 0 atom stereocenters. The number of urea groups is 1. The maximum atomic E-state index is 12.9. The van der Waals surface area contributed by atoms with Crippen LogP contribution >= 0.6 is 11.6 Å². The standard InChI is InChI=1S/C20H27ClN2O3/c1-13(2)23(14(3)4)19(25)22-9-7-20(8-10-22)12-17(24)16-11-15(21)5-6-18(16)26-20/h5-6,11,13-14H,7-10,12H2,1-4H3. The Labute approximate surface area is 160 Å². The molecule has 1 aromatic rings. The van der Waals surface area contributed by atoms with Crippen molar-refractivity contribution in [3.8, 4) is 5.75 Å². The maximum Gasteiger partial charge on any atom is 0.320 e. The minimum absolute atomic E-state index is 0.0687. The number of benzene rings is 1. The second-order valence-electron chi connectivity index (χ2n) is 7.89. The van der Waals surface area contributed by atoms with Gasteiger partial charge in [0.15, 0.2) is 5.78 Å². The molecule has 0 bridgehead atoms. The van der Waals surface area contributed by atoms with Crippen LogP contribution in [0.3, 0.4) is 0 Å². The summed E-state index contributed by atoms with van der Waals surface area (Å²) in [5.74, 6) is 0.677. The largest absolute Gasteiger partial charge is 0.486 e. The molecule has 2 amide bonds. The molecule has 2 aliphatic rings. The zero-order valence-electron chi connectivity index (χ0n) is 15.9. The van der Waals surface area contributed by atoms with E-state index >= 15 is 0 Å². The molecule has 0 saturated carbocycles. The minimum Gasteiger partial charge on any atom is -0.486 e. The van der Waals surface area contributed by atoms with Gasteiger partial charge in [-0.2, -0.15) is 0 Å². The van der Waals surface area contributed by atoms with Crippen LogP contribution in [0.2, 0.25) is 5.02 Å². The van der Waals surface area contributed by atoms with Gasteiger partial charge in [0.2, 0.25) is 0 Å². The molecule has 142 valence electrons. The number of ether oxygens (including phenoxy) is 1. The first-order chi connectivity index (χ1) is 12.2. The van der Waals surface area contributed by atoms with Gasteiger partial charge in [-0.15, -0.1) is 0 Å². The zero-order valence-corrected chi connectivity index (χ0v) is 16.7. The Bertz CT molecular complexity index is 701. The van der Waals surface area contributed by atoms with Gasteiger partial charge < -0.3 is 14.5 Å². The quantitative estimate of drug-likeness (QED) is 0.767. The van der Waals surface area contributed by atoms with Crippen LogP contribution < -0.4 is 4.74 Å². The number of rotatable bonds is 2. The lowest BCUT2D eigenvalue weighted by atomic mass is 9.82. The third-order valence-corrected chi connectivity index (χ3v) is 5.57. The average molecular weight is 379 g/mol. The molecule has 1 aromatic carbocycles. The summed E-state index contributed by atoms with van der Waals surface area (Å²) in [6.45, 7) is 9.35. The van der Waals surface area contributed by atoms with Gasteiger partial charge in [0.05, 0.1) is 12.0 Å². The van der Waals surface area contributed by atoms with E-state index in [0.29, 0.717) is 48.7 Å². The Kier molecular flexibility index (Phi) is 5.20. The summed E-state index contributed by atoms with van der Waals surface area (Å²) >= 11 is 6.00. The molecule has 0 aliphatic carbocycles. The smallest absolute Gasteiger partial charge is 0.320 e. The molecule has 2 heterocycles. The highest BCUT2D eigenvalue weighted by atomic mass is 35.5. The molecular formula is C20H27ClN2O3. The second kappa shape index (κ2) is 7.10. The third kappa shape index (κ3) is 3.54. The number of likely N-dealkylation sites (tertiary alicyclic amines) is 1. The van der Waals surface area contributed by atoms with Crippen LogP contribution in [-0.2, 0) is 0 Å². The summed E-state index contributed by atoms with van der Waals surface area (Å²) in [4.78, 5) is 29.3. The summed E-state index contributed by atoms with van der Waals surface area (Å²) in [6.07, 6.45) is 1.67. The Morgan fingerprint density at radius 1 is 1.19 bits per heavy atom. The van der Waals surface area contributed by atoms with Crippen molar-refractivity contribution in [2.24, 2.45) is 0 Å². The van der Waals surface area contributed by atoms with Gasteiger partial charge in [-0.1, -0.05) is 11.6 Å². The van der Waals surface area contributed by atoms with E-state index in [4.69, 9.17) is 16.3 Å². The van der Waals surface area contributed by atoms with E-state index in [1.807, 2.05) is 37.5 Å². The maximum absolute atomic E-state index is 12.9. The highest BCUT2D eigenvalue weighted by Crippen LogP contribution is 2.40. The van der Waals surface area contributed by atoms with Crippen molar-refractivity contribution in [1.82, 2.24) is 9.80 Å². The Balaban J connectivity index is 1.71. The molecule has 1 fully saturated rings. The van der Waals surface area contributed by atoms with Crippen molar-refractivity contribution in [2.75, 3.05) is 13.1 Å². The summed E-state index contributed by atoms with van der Waals surface area (Å²) in [5, 5.41) is 0.541. The highest BCUT2D eigenvalue weighted by Gasteiger charge is 2.44. The number of halogens is 1. The number of hydrogen-bond acceptors (Lipinski definition) is 3. The molecule has 1 saturated heterocycles. The van der Waals surface area contributed by atoms with Gasteiger partial charge in [-0.3, -0.25) is 4.79 Å². The van der Waals surface area contributed by atoms with Crippen LogP contribution in [0.4, 0.5) is 4.79 Å². The van der Waals surface area contributed by atoms with Crippen molar-refractivity contribution >= 4 is 23.4 Å². The molecule has 26 heavy (non-hydrogen) atoms. The van der Waals surface area contributed by atoms with Gasteiger partial charge in [0.25, 0.3) is 0 Å². The third-order valence-electron chi connectivity index (χ3n) is 5.33. The topological polar surface area (TPSA) is 49.9 Å². The number of hydrogen-bond donors (Lipinski definition) is 0. The molecule has 1 spiro atoms. The summed E-state index contributed by atoms with van der Waals surface area (Å²) in [5.41, 5.74) is 0.0576. The van der Waals surface area contributed by atoms with E-state index in [9.17, 15) is 9.59 Å². The fourth-order valence-corrected chi connectivity index (χ4v) is 4.22. The molecule has 0 radical (unpaired) electrons. The highest BCUT2D eigenvalue weighted by molar-refractivity contribution is 6.31. The summed E-state index contributed by atoms with van der Waals surface area (Å²) < 4.78 is 6.24. The predicted octanol–water partition coefficient (Wildman–Crippen LogP) is 4.38. The lowest BCUT2D eigenvalue weighted by molar-refractivity contribution is -0.00545. The van der Waals surface area contributed by atoms with Crippen molar-refractivity contribution in [3.63, 3.8) is 0 Å². The van der Waals surface area contributed by atoms with Gasteiger partial charge in [-0.05, 0) is 45.9 Å². The number of amides is 2. The number of nitrogens with zero attached hydrogens (tertiary/aromatic N) is 2. The van der Waals surface area contributed by atoms with Crippen LogP contribution in [0, 0.1) is 0 Å². The molecule has 0 unspecified atom stereocenters. The number of Topliss-reactive ketones (excluding diaryl/α,β-unsaturated/α-hetero) is 1. The number of fused-ring (bicyclic) bond motifs is 1. The van der Waals surface area contributed by atoms with Crippen LogP contribution in [0.15, 0.2) is 18.2 Å². The van der Waals surface area contributed by atoms with E-state index in [-0.39, 0.29) is 23.9 Å². The van der Waals surface area contributed by atoms with Crippen molar-refractivity contribution in [3.05, 3.63) is 28.8 Å². The monoisotopic (exact) mass is 378 g/mol. The van der Waals surface area contributed by atoms with Crippen molar-refractivity contribution in [1.29, 1.82) is 0 Å². The van der Waals surface area contributed by atoms with Crippen molar-refractivity contribution in [2.45, 2.75) is 64.6 Å². The first kappa shape index (κ1) is 19.0. The molecule has 3 rings (SSSR count). The minimum atomic E-state index is -0.505. The number of piperidine rings is 1. The van der Waals surface area contributed by atoms with Crippen molar-refractivity contribution < 1.29 is 14.3 Å². The Hall–Kier alpha value is -1.75. The number of ketones is 1. The molecule has 6 heteroatoms. The SMILES string of the molecule is CC(C)N(C(=O)N1CCC2(CC1)CC(=O)c1cc(Cl)ccc1O2)C(C)C. The average Bonchev–Trinajstić information content (AvgIpc) is 2.55. The Morgan fingerprint density at radius 3 is 2.38 bits per heavy atom. The van der Waals surface area contributed by atoms with Crippen LogP contribution in [0.1, 0.15) is 57.3 Å². The summed E-state index contributed by atoms with van der Waals surface area (Å²) in [7, 11) is 0. The second-order valence-corrected chi connectivity index (χ2v) is 8.33. The van der Waals surface area contributed by atoms with E-state index in [2.05, 4.69) is 0 Å². The van der Waals surface area contributed by atoms with E-state index in [1.165, 1.54) is 0 Å². The van der Waals surface area contributed by atoms with Crippen LogP contribution in [0.5, 0.6) is 5.75 Å².